The number of benzene rings is 1. The van der Waals surface area contributed by atoms with Gasteiger partial charge in [0, 0.05) is 35.9 Å². The van der Waals surface area contributed by atoms with E-state index in [0.29, 0.717) is 0 Å². The Morgan fingerprint density at radius 1 is 1.12 bits per heavy atom. The molecule has 1 amide bonds. The lowest BCUT2D eigenvalue weighted by atomic mass is 9.93. The SMILES string of the molecule is CN1CCC(NC(=O)c2cocn2)CC1c1cc2cc(-c3cncc(F)c3)ccc2cn1. The highest BCUT2D eigenvalue weighted by molar-refractivity contribution is 5.92. The number of amides is 1. The van der Waals surface area contributed by atoms with Crippen LogP contribution in [-0.2, 0) is 0 Å². The van der Waals surface area contributed by atoms with E-state index in [0.717, 1.165) is 47.0 Å². The van der Waals surface area contributed by atoms with Crippen molar-refractivity contribution in [3.63, 3.8) is 0 Å². The van der Waals surface area contributed by atoms with E-state index >= 15 is 0 Å². The van der Waals surface area contributed by atoms with Crippen molar-refractivity contribution in [2.45, 2.75) is 24.9 Å². The number of oxazole rings is 1. The summed E-state index contributed by atoms with van der Waals surface area (Å²) in [5.41, 5.74) is 2.85. The summed E-state index contributed by atoms with van der Waals surface area (Å²) in [6, 6.07) is 9.60. The predicted octanol–water partition coefficient (Wildman–Crippen LogP) is 3.99. The maximum Gasteiger partial charge on any atom is 0.273 e. The van der Waals surface area contributed by atoms with Crippen molar-refractivity contribution < 1.29 is 13.6 Å². The van der Waals surface area contributed by atoms with Gasteiger partial charge in [-0.2, -0.15) is 0 Å². The molecule has 4 heterocycles. The lowest BCUT2D eigenvalue weighted by Crippen LogP contribution is -2.45. The summed E-state index contributed by atoms with van der Waals surface area (Å²) in [5.74, 6) is -0.590. The monoisotopic (exact) mass is 431 g/mol. The number of carbonyl (C=O) groups excluding carboxylic acids is 1. The molecular weight excluding hydrogens is 409 g/mol. The van der Waals surface area contributed by atoms with Crippen LogP contribution in [0.5, 0.6) is 0 Å². The molecule has 4 aromatic rings. The highest BCUT2D eigenvalue weighted by atomic mass is 19.1. The first kappa shape index (κ1) is 20.3. The largest absolute Gasteiger partial charge is 0.451 e. The van der Waals surface area contributed by atoms with Crippen LogP contribution in [0.1, 0.15) is 35.1 Å². The lowest BCUT2D eigenvalue weighted by Gasteiger charge is -2.37. The zero-order valence-corrected chi connectivity index (χ0v) is 17.5. The molecule has 0 spiro atoms. The Labute approximate surface area is 184 Å². The second-order valence-corrected chi connectivity index (χ2v) is 8.13. The van der Waals surface area contributed by atoms with Crippen molar-refractivity contribution in [3.8, 4) is 11.1 Å². The maximum absolute atomic E-state index is 13.6. The predicted molar refractivity (Wildman–Crippen MR) is 117 cm³/mol. The van der Waals surface area contributed by atoms with E-state index < -0.39 is 0 Å². The Kier molecular flexibility index (Phi) is 5.36. The molecule has 1 fully saturated rings. The van der Waals surface area contributed by atoms with Gasteiger partial charge >= 0.3 is 0 Å². The van der Waals surface area contributed by atoms with Gasteiger partial charge in [0.15, 0.2) is 12.1 Å². The number of likely N-dealkylation sites (tertiary alicyclic amines) is 1. The Balaban J connectivity index is 1.40. The van der Waals surface area contributed by atoms with E-state index in [1.807, 2.05) is 24.4 Å². The molecule has 0 aliphatic carbocycles. The normalized spacial score (nSPS) is 19.2. The highest BCUT2D eigenvalue weighted by Gasteiger charge is 2.29. The standard InChI is InChI=1S/C24H22FN5O2/c1-30-5-4-20(29-24(31)22-13-32-14-28-22)9-23(30)21-8-17-6-15(2-3-16(17)11-27-21)18-7-19(25)12-26-10-18/h2-3,6-8,10-14,20,23H,4-5,9H2,1H3,(H,29,31). The van der Waals surface area contributed by atoms with E-state index in [4.69, 9.17) is 9.40 Å². The third-order valence-electron chi connectivity index (χ3n) is 5.99. The average Bonchev–Trinajstić information content (AvgIpc) is 3.35. The molecule has 0 bridgehead atoms. The summed E-state index contributed by atoms with van der Waals surface area (Å²) >= 11 is 0. The molecule has 2 atom stereocenters. The minimum atomic E-state index is -0.361. The summed E-state index contributed by atoms with van der Waals surface area (Å²) in [6.07, 6.45) is 8.90. The van der Waals surface area contributed by atoms with Crippen LogP contribution in [0.2, 0.25) is 0 Å². The number of nitrogens with one attached hydrogen (secondary N) is 1. The fraction of sp³-hybridized carbons (Fsp3) is 0.250. The van der Waals surface area contributed by atoms with Crippen LogP contribution in [0.4, 0.5) is 4.39 Å². The van der Waals surface area contributed by atoms with Gasteiger partial charge in [0.1, 0.15) is 12.1 Å². The first-order chi connectivity index (χ1) is 15.6. The highest BCUT2D eigenvalue weighted by Crippen LogP contribution is 2.31. The number of rotatable bonds is 4. The lowest BCUT2D eigenvalue weighted by molar-refractivity contribution is 0.0881. The molecular formula is C24H22FN5O2. The van der Waals surface area contributed by atoms with Crippen molar-refractivity contribution in [1.82, 2.24) is 25.2 Å². The van der Waals surface area contributed by atoms with Crippen molar-refractivity contribution in [2.75, 3.05) is 13.6 Å². The van der Waals surface area contributed by atoms with Gasteiger partial charge in [-0.1, -0.05) is 12.1 Å². The van der Waals surface area contributed by atoms with Crippen LogP contribution in [-0.4, -0.2) is 45.4 Å². The van der Waals surface area contributed by atoms with Gasteiger partial charge in [0.05, 0.1) is 17.9 Å². The number of hydrogen-bond acceptors (Lipinski definition) is 6. The zero-order valence-electron chi connectivity index (χ0n) is 17.5. The molecule has 1 saturated heterocycles. The zero-order chi connectivity index (χ0) is 22.1. The topological polar surface area (TPSA) is 84.2 Å². The second-order valence-electron chi connectivity index (χ2n) is 8.13. The molecule has 3 aromatic heterocycles. The van der Waals surface area contributed by atoms with Crippen LogP contribution >= 0.6 is 0 Å². The number of hydrogen-bond donors (Lipinski definition) is 1. The molecule has 8 heteroatoms. The minimum Gasteiger partial charge on any atom is -0.451 e. The fourth-order valence-electron chi connectivity index (χ4n) is 4.23. The first-order valence-electron chi connectivity index (χ1n) is 10.5. The molecule has 1 N–H and O–H groups in total. The Morgan fingerprint density at radius 2 is 2.03 bits per heavy atom. The number of halogens is 1. The Morgan fingerprint density at radius 3 is 2.84 bits per heavy atom. The van der Waals surface area contributed by atoms with Crippen molar-refractivity contribution in [3.05, 3.63) is 78.8 Å². The van der Waals surface area contributed by atoms with E-state index in [1.165, 1.54) is 24.9 Å². The van der Waals surface area contributed by atoms with E-state index in [2.05, 4.69) is 33.3 Å². The van der Waals surface area contributed by atoms with Crippen LogP contribution in [0.25, 0.3) is 21.9 Å². The van der Waals surface area contributed by atoms with Crippen molar-refractivity contribution in [1.29, 1.82) is 0 Å². The smallest absolute Gasteiger partial charge is 0.273 e. The maximum atomic E-state index is 13.6. The fourth-order valence-corrected chi connectivity index (χ4v) is 4.23. The average molecular weight is 431 g/mol. The van der Waals surface area contributed by atoms with Crippen molar-refractivity contribution >= 4 is 16.7 Å². The number of carbonyl (C=O) groups is 1. The molecule has 1 aliphatic rings. The van der Waals surface area contributed by atoms with E-state index in [9.17, 15) is 9.18 Å². The quantitative estimate of drug-likeness (QED) is 0.526. The third kappa shape index (κ3) is 4.09. The van der Waals surface area contributed by atoms with Gasteiger partial charge in [-0.05, 0) is 49.0 Å². The summed E-state index contributed by atoms with van der Waals surface area (Å²) in [6.45, 7) is 0.836. The van der Waals surface area contributed by atoms with Crippen molar-refractivity contribution in [2.24, 2.45) is 0 Å². The molecule has 1 aromatic carbocycles. The molecule has 32 heavy (non-hydrogen) atoms. The molecule has 7 nitrogen and oxygen atoms in total. The van der Waals surface area contributed by atoms with Crippen LogP contribution in [0, 0.1) is 5.82 Å². The summed E-state index contributed by atoms with van der Waals surface area (Å²) in [5, 5.41) is 5.09. The summed E-state index contributed by atoms with van der Waals surface area (Å²) in [7, 11) is 2.07. The number of fused-ring (bicyclic) bond motifs is 1. The van der Waals surface area contributed by atoms with Crippen LogP contribution in [0.3, 0.4) is 0 Å². The molecule has 162 valence electrons. The van der Waals surface area contributed by atoms with Gasteiger partial charge < -0.3 is 9.73 Å². The van der Waals surface area contributed by atoms with Crippen LogP contribution < -0.4 is 5.32 Å². The van der Waals surface area contributed by atoms with Crippen LogP contribution in [0.15, 0.2) is 66.0 Å². The molecule has 2 unspecified atom stereocenters. The number of piperidine rings is 1. The van der Waals surface area contributed by atoms with E-state index in [1.54, 1.807) is 6.20 Å². The Bertz CT molecular complexity index is 1260. The first-order valence-corrected chi connectivity index (χ1v) is 10.5. The number of nitrogens with zero attached hydrogens (tertiary/aromatic N) is 4. The summed E-state index contributed by atoms with van der Waals surface area (Å²) < 4.78 is 18.5. The molecule has 1 aliphatic heterocycles. The minimum absolute atomic E-state index is 0.0163. The molecule has 0 radical (unpaired) electrons. The van der Waals surface area contributed by atoms with Gasteiger partial charge in [0.25, 0.3) is 5.91 Å². The Hall–Kier alpha value is -3.65. The number of pyridine rings is 2. The number of aromatic nitrogens is 3. The van der Waals surface area contributed by atoms with Gasteiger partial charge in [0.2, 0.25) is 0 Å². The van der Waals surface area contributed by atoms with Gasteiger partial charge in [-0.15, -0.1) is 0 Å². The van der Waals surface area contributed by atoms with E-state index in [-0.39, 0.29) is 29.5 Å². The third-order valence-corrected chi connectivity index (χ3v) is 5.99. The molecule has 5 rings (SSSR count). The van der Waals surface area contributed by atoms with Gasteiger partial charge in [-0.25, -0.2) is 9.37 Å². The summed E-state index contributed by atoms with van der Waals surface area (Å²) in [4.78, 5) is 27.2. The molecule has 0 saturated carbocycles. The second kappa shape index (κ2) is 8.47. The van der Waals surface area contributed by atoms with Gasteiger partial charge in [-0.3, -0.25) is 19.7 Å².